The van der Waals surface area contributed by atoms with Gasteiger partial charge in [-0.05, 0) is 61.8 Å². The summed E-state index contributed by atoms with van der Waals surface area (Å²) >= 11 is 18.9. The van der Waals surface area contributed by atoms with Gasteiger partial charge in [-0.1, -0.05) is 73.1 Å². The highest BCUT2D eigenvalue weighted by Gasteiger charge is 2.37. The Hall–Kier alpha value is -1.26. The van der Waals surface area contributed by atoms with Gasteiger partial charge in [-0.2, -0.15) is 5.10 Å². The summed E-state index contributed by atoms with van der Waals surface area (Å²) in [5.74, 6) is 0.267. The second kappa shape index (κ2) is 9.91. The summed E-state index contributed by atoms with van der Waals surface area (Å²) in [4.78, 5) is 2.57. The van der Waals surface area contributed by atoms with Crippen molar-refractivity contribution in [2.24, 2.45) is 11.0 Å². The van der Waals surface area contributed by atoms with E-state index >= 15 is 0 Å². The van der Waals surface area contributed by atoms with E-state index in [2.05, 4.69) is 29.0 Å². The van der Waals surface area contributed by atoms with Gasteiger partial charge in [0.15, 0.2) is 0 Å². The average molecular weight is 465 g/mol. The van der Waals surface area contributed by atoms with Crippen LogP contribution in [0.25, 0.3) is 0 Å². The van der Waals surface area contributed by atoms with E-state index < -0.39 is 0 Å². The van der Waals surface area contributed by atoms with E-state index in [1.165, 1.54) is 43.4 Å². The zero-order valence-corrected chi connectivity index (χ0v) is 19.6. The van der Waals surface area contributed by atoms with Crippen LogP contribution in [0.2, 0.25) is 15.1 Å². The topological polar surface area (TPSA) is 18.8 Å². The smallest absolute Gasteiger partial charge is 0.0854 e. The number of benzene rings is 2. The molecule has 2 unspecified atom stereocenters. The van der Waals surface area contributed by atoms with E-state index in [9.17, 15) is 0 Å². The van der Waals surface area contributed by atoms with Gasteiger partial charge >= 0.3 is 0 Å². The number of likely N-dealkylation sites (tertiary alicyclic amines) is 1. The molecule has 0 radical (unpaired) electrons. The predicted octanol–water partition coefficient (Wildman–Crippen LogP) is 7.47. The molecule has 2 atom stereocenters. The molecule has 0 saturated carbocycles. The molecule has 160 valence electrons. The Morgan fingerprint density at radius 1 is 0.867 bits per heavy atom. The van der Waals surface area contributed by atoms with Gasteiger partial charge in [0, 0.05) is 22.5 Å². The first kappa shape index (κ1) is 22.0. The number of hydrazone groups is 1. The summed E-state index contributed by atoms with van der Waals surface area (Å²) in [6, 6.07) is 13.8. The van der Waals surface area contributed by atoms with Gasteiger partial charge in [-0.15, -0.1) is 0 Å². The van der Waals surface area contributed by atoms with Gasteiger partial charge in [-0.25, -0.2) is 0 Å². The summed E-state index contributed by atoms with van der Waals surface area (Å²) < 4.78 is 0. The van der Waals surface area contributed by atoms with E-state index in [0.29, 0.717) is 10.0 Å². The Bertz CT molecular complexity index is 889. The molecule has 1 saturated heterocycles. The Kier molecular flexibility index (Phi) is 7.25. The van der Waals surface area contributed by atoms with Crippen LogP contribution in [-0.4, -0.2) is 30.2 Å². The van der Waals surface area contributed by atoms with Crippen LogP contribution in [0.15, 0.2) is 47.6 Å². The molecule has 2 aromatic carbocycles. The molecule has 3 nitrogen and oxygen atoms in total. The lowest BCUT2D eigenvalue weighted by molar-refractivity contribution is 0.276. The maximum absolute atomic E-state index is 6.59. The van der Waals surface area contributed by atoms with Crippen molar-refractivity contribution in [2.75, 3.05) is 24.6 Å². The molecule has 30 heavy (non-hydrogen) atoms. The highest BCUT2D eigenvalue weighted by atomic mass is 35.5. The summed E-state index contributed by atoms with van der Waals surface area (Å²) in [5.41, 5.74) is 3.28. The van der Waals surface area contributed by atoms with Crippen molar-refractivity contribution in [3.8, 4) is 0 Å². The Balaban J connectivity index is 1.65. The number of anilines is 1. The zero-order chi connectivity index (χ0) is 21.1. The zero-order valence-electron chi connectivity index (χ0n) is 17.3. The Labute approximate surface area is 194 Å². The van der Waals surface area contributed by atoms with Gasteiger partial charge in [0.25, 0.3) is 0 Å². The molecule has 0 aliphatic carbocycles. The first-order valence-electron chi connectivity index (χ1n) is 10.8. The van der Waals surface area contributed by atoms with Crippen molar-refractivity contribution in [1.29, 1.82) is 0 Å². The van der Waals surface area contributed by atoms with Crippen LogP contribution in [0, 0.1) is 5.92 Å². The van der Waals surface area contributed by atoms with Crippen molar-refractivity contribution in [2.45, 2.75) is 45.1 Å². The summed E-state index contributed by atoms with van der Waals surface area (Å²) in [6.07, 6.45) is 6.58. The van der Waals surface area contributed by atoms with Crippen LogP contribution in [0.5, 0.6) is 0 Å². The van der Waals surface area contributed by atoms with Crippen LogP contribution in [0.4, 0.5) is 5.69 Å². The molecule has 2 aliphatic heterocycles. The number of rotatable bonds is 4. The largest absolute Gasteiger partial charge is 0.298 e. The molecule has 2 aliphatic rings. The van der Waals surface area contributed by atoms with E-state index in [1.54, 1.807) is 6.07 Å². The van der Waals surface area contributed by atoms with E-state index in [0.717, 1.165) is 30.3 Å². The van der Waals surface area contributed by atoms with Crippen molar-refractivity contribution >= 4 is 46.2 Å². The van der Waals surface area contributed by atoms with Gasteiger partial charge in [0.05, 0.1) is 22.5 Å². The molecule has 1 fully saturated rings. The fourth-order valence-corrected chi connectivity index (χ4v) is 5.14. The molecule has 4 rings (SSSR count). The van der Waals surface area contributed by atoms with E-state index in [-0.39, 0.29) is 12.0 Å². The molecule has 0 bridgehead atoms. The normalized spacial score (nSPS) is 23.2. The third kappa shape index (κ3) is 4.96. The van der Waals surface area contributed by atoms with Gasteiger partial charge in [0.2, 0.25) is 0 Å². The van der Waals surface area contributed by atoms with Gasteiger partial charge in [-0.3, -0.25) is 9.91 Å². The number of nitrogens with zero attached hydrogens (tertiary/aromatic N) is 3. The molecule has 2 heterocycles. The van der Waals surface area contributed by atoms with E-state index in [4.69, 9.17) is 39.9 Å². The number of hydrogen-bond donors (Lipinski definition) is 0. The van der Waals surface area contributed by atoms with Crippen LogP contribution < -0.4 is 5.01 Å². The molecule has 0 amide bonds. The molecular weight excluding hydrogens is 437 g/mol. The van der Waals surface area contributed by atoms with Crippen molar-refractivity contribution < 1.29 is 0 Å². The van der Waals surface area contributed by atoms with Crippen LogP contribution in [0.1, 0.15) is 50.6 Å². The fourth-order valence-electron chi connectivity index (χ4n) is 4.52. The van der Waals surface area contributed by atoms with Gasteiger partial charge in [0.1, 0.15) is 0 Å². The van der Waals surface area contributed by atoms with Gasteiger partial charge < -0.3 is 0 Å². The second-order valence-electron chi connectivity index (χ2n) is 8.36. The molecule has 0 aromatic heterocycles. The molecular formula is C24H28Cl3N3. The Morgan fingerprint density at radius 2 is 1.50 bits per heavy atom. The lowest BCUT2D eigenvalue weighted by atomic mass is 9.91. The fraction of sp³-hybridized carbons (Fsp3) is 0.458. The highest BCUT2D eigenvalue weighted by Crippen LogP contribution is 2.42. The predicted molar refractivity (Wildman–Crippen MR) is 129 cm³/mol. The molecule has 0 spiro atoms. The number of halogens is 3. The SMILES string of the molecule is CC1C(CN2CCCCCCC2)=NN(c2ccc(Cl)cc2Cl)C1c1ccc(Cl)cc1. The highest BCUT2D eigenvalue weighted by molar-refractivity contribution is 6.36. The molecule has 2 aromatic rings. The monoisotopic (exact) mass is 463 g/mol. The molecule has 0 N–H and O–H groups in total. The quantitative estimate of drug-likeness (QED) is 0.467. The lowest BCUT2D eigenvalue weighted by Crippen LogP contribution is -2.34. The third-order valence-electron chi connectivity index (χ3n) is 6.20. The minimum absolute atomic E-state index is 0.0747. The minimum atomic E-state index is 0.0747. The third-order valence-corrected chi connectivity index (χ3v) is 6.99. The molecule has 6 heteroatoms. The second-order valence-corrected chi connectivity index (χ2v) is 9.64. The first-order valence-corrected chi connectivity index (χ1v) is 12.0. The Morgan fingerprint density at radius 3 is 2.17 bits per heavy atom. The van der Waals surface area contributed by atoms with Crippen molar-refractivity contribution in [3.63, 3.8) is 0 Å². The summed E-state index contributed by atoms with van der Waals surface area (Å²) in [7, 11) is 0. The minimum Gasteiger partial charge on any atom is -0.298 e. The van der Waals surface area contributed by atoms with Crippen LogP contribution in [-0.2, 0) is 0 Å². The average Bonchev–Trinajstić information content (AvgIpc) is 3.00. The van der Waals surface area contributed by atoms with Crippen LogP contribution in [0.3, 0.4) is 0 Å². The number of hydrogen-bond acceptors (Lipinski definition) is 3. The van der Waals surface area contributed by atoms with E-state index in [1.807, 2.05) is 24.3 Å². The standard InChI is InChI=1S/C24H28Cl3N3/c1-17-22(16-29-13-5-3-2-4-6-14-29)28-30(23-12-11-20(26)15-21(23)27)24(17)18-7-9-19(25)10-8-18/h7-12,15,17,24H,2-6,13-14,16H2,1H3. The maximum Gasteiger partial charge on any atom is 0.0854 e. The van der Waals surface area contributed by atoms with Crippen molar-refractivity contribution in [3.05, 3.63) is 63.1 Å². The first-order chi connectivity index (χ1) is 14.5. The summed E-state index contributed by atoms with van der Waals surface area (Å²) in [6.45, 7) is 5.48. The van der Waals surface area contributed by atoms with Crippen molar-refractivity contribution in [1.82, 2.24) is 4.90 Å². The van der Waals surface area contributed by atoms with Crippen LogP contribution >= 0.6 is 34.8 Å². The summed E-state index contributed by atoms with van der Waals surface area (Å²) in [5, 5.41) is 9.16. The lowest BCUT2D eigenvalue weighted by Gasteiger charge is -2.28. The maximum atomic E-state index is 6.59.